The molecule has 0 fully saturated rings. The van der Waals surface area contributed by atoms with Crippen molar-refractivity contribution in [3.05, 3.63) is 71.0 Å². The van der Waals surface area contributed by atoms with Crippen LogP contribution in [0.2, 0.25) is 0 Å². The van der Waals surface area contributed by atoms with Gasteiger partial charge in [-0.15, -0.1) is 0 Å². The highest BCUT2D eigenvalue weighted by Crippen LogP contribution is 2.19. The molecule has 0 aromatic carbocycles. The molecular weight excluding hydrogens is 314 g/mol. The average molecular weight is 337 g/mol. The van der Waals surface area contributed by atoms with E-state index in [4.69, 9.17) is 4.74 Å². The van der Waals surface area contributed by atoms with Crippen LogP contribution in [-0.2, 0) is 22.6 Å². The van der Waals surface area contributed by atoms with Gasteiger partial charge in [-0.25, -0.2) is 0 Å². The fraction of sp³-hybridized carbons (Fsp3) is 0.350. The fourth-order valence-corrected chi connectivity index (χ4v) is 2.87. The molecule has 0 aliphatic carbocycles. The van der Waals surface area contributed by atoms with E-state index >= 15 is 0 Å². The van der Waals surface area contributed by atoms with Gasteiger partial charge in [-0.2, -0.15) is 0 Å². The Morgan fingerprint density at radius 1 is 1.04 bits per heavy atom. The lowest BCUT2D eigenvalue weighted by Crippen LogP contribution is -2.26. The summed E-state index contributed by atoms with van der Waals surface area (Å²) in [4.78, 5) is 22.6. The lowest BCUT2D eigenvalue weighted by atomic mass is 10.1. The molecule has 0 bridgehead atoms. The molecule has 0 unspecified atom stereocenters. The van der Waals surface area contributed by atoms with Crippen LogP contribution in [0.15, 0.2) is 48.5 Å². The van der Waals surface area contributed by atoms with Crippen molar-refractivity contribution in [2.45, 2.75) is 39.8 Å². The molecule has 0 atom stereocenters. The van der Waals surface area contributed by atoms with E-state index in [-0.39, 0.29) is 5.97 Å². The van der Waals surface area contributed by atoms with Gasteiger partial charge in [0, 0.05) is 32.0 Å². The maximum Gasteiger partial charge on any atom is 0.314 e. The van der Waals surface area contributed by atoms with Crippen LogP contribution in [0.3, 0.4) is 0 Å². The topological polar surface area (TPSA) is 55.3 Å². The molecule has 3 heterocycles. The summed E-state index contributed by atoms with van der Waals surface area (Å²) >= 11 is 0. The highest BCUT2D eigenvalue weighted by molar-refractivity contribution is 5.75. The molecular formula is C20H23N3O2. The zero-order chi connectivity index (χ0) is 17.6. The van der Waals surface area contributed by atoms with E-state index in [0.29, 0.717) is 6.42 Å². The quantitative estimate of drug-likeness (QED) is 0.726. The Bertz CT molecular complexity index is 739. The Morgan fingerprint density at radius 3 is 2.12 bits per heavy atom. The van der Waals surface area contributed by atoms with Crippen LogP contribution < -0.4 is 0 Å². The van der Waals surface area contributed by atoms with Crippen LogP contribution in [-0.4, -0.2) is 27.4 Å². The zero-order valence-electron chi connectivity index (χ0n) is 14.7. The molecule has 3 rings (SSSR count). The van der Waals surface area contributed by atoms with Crippen LogP contribution >= 0.6 is 0 Å². The summed E-state index contributed by atoms with van der Waals surface area (Å²) in [5, 5.41) is 0. The summed E-state index contributed by atoms with van der Waals surface area (Å²) in [5.41, 5.74) is 5.56. The second-order valence-electron chi connectivity index (χ2n) is 6.44. The number of aryl methyl sites for hydroxylation is 2. The maximum absolute atomic E-state index is 11.3. The number of cyclic esters (lactones) is 1. The van der Waals surface area contributed by atoms with Crippen molar-refractivity contribution < 1.29 is 9.53 Å². The number of ether oxygens (including phenoxy) is 1. The summed E-state index contributed by atoms with van der Waals surface area (Å²) < 4.78 is 4.93. The summed E-state index contributed by atoms with van der Waals surface area (Å²) in [6, 6.07) is 8.08. The first-order chi connectivity index (χ1) is 12.1. The van der Waals surface area contributed by atoms with Crippen molar-refractivity contribution in [3.63, 3.8) is 0 Å². The normalized spacial score (nSPS) is 13.9. The third-order valence-electron chi connectivity index (χ3n) is 4.46. The molecule has 0 saturated heterocycles. The van der Waals surface area contributed by atoms with E-state index in [9.17, 15) is 4.79 Å². The zero-order valence-corrected chi connectivity index (χ0v) is 14.7. The highest BCUT2D eigenvalue weighted by Gasteiger charge is 2.17. The number of carbonyl (C=O) groups is 1. The molecule has 2 aromatic heterocycles. The first-order valence-electron chi connectivity index (χ1n) is 8.52. The summed E-state index contributed by atoms with van der Waals surface area (Å²) in [7, 11) is 0. The molecule has 0 saturated carbocycles. The van der Waals surface area contributed by atoms with Gasteiger partial charge in [0.05, 0.1) is 24.1 Å². The van der Waals surface area contributed by atoms with E-state index in [0.717, 1.165) is 43.0 Å². The van der Waals surface area contributed by atoms with Crippen LogP contribution in [0.25, 0.3) is 0 Å². The van der Waals surface area contributed by atoms with Gasteiger partial charge in [0.25, 0.3) is 0 Å². The third-order valence-corrected chi connectivity index (χ3v) is 4.46. The molecule has 1 aliphatic heterocycles. The Hall–Kier alpha value is -2.53. The summed E-state index contributed by atoms with van der Waals surface area (Å²) in [6.07, 6.45) is 6.47. The predicted molar refractivity (Wildman–Crippen MR) is 95.5 cm³/mol. The second kappa shape index (κ2) is 8.03. The van der Waals surface area contributed by atoms with Crippen molar-refractivity contribution in [1.29, 1.82) is 0 Å². The lowest BCUT2D eigenvalue weighted by Gasteiger charge is -2.23. The minimum atomic E-state index is -0.164. The Morgan fingerprint density at radius 2 is 1.64 bits per heavy atom. The lowest BCUT2D eigenvalue weighted by molar-refractivity contribution is -0.135. The Kier molecular flexibility index (Phi) is 5.56. The van der Waals surface area contributed by atoms with Gasteiger partial charge < -0.3 is 4.74 Å². The SMILES string of the molecule is Cc1cccnc1CN(CCC1=COC(=O)C1)Cc1ncccc1C. The van der Waals surface area contributed by atoms with E-state index in [1.54, 1.807) is 6.26 Å². The smallest absolute Gasteiger partial charge is 0.314 e. The molecule has 1 aliphatic rings. The molecule has 5 nitrogen and oxygen atoms in total. The summed E-state index contributed by atoms with van der Waals surface area (Å²) in [6.45, 7) is 6.50. The number of hydrogen-bond donors (Lipinski definition) is 0. The molecule has 2 aromatic rings. The monoisotopic (exact) mass is 337 g/mol. The van der Waals surface area contributed by atoms with Crippen molar-refractivity contribution in [2.24, 2.45) is 0 Å². The van der Waals surface area contributed by atoms with E-state index in [1.165, 1.54) is 11.1 Å². The summed E-state index contributed by atoms with van der Waals surface area (Å²) in [5.74, 6) is -0.164. The maximum atomic E-state index is 11.3. The standard InChI is InChI=1S/C20H23N3O2/c1-15-5-3-8-21-18(15)12-23(10-7-17-11-20(24)25-14-17)13-19-16(2)6-4-9-22-19/h3-6,8-9,14H,7,10-13H2,1-2H3. The number of nitrogens with zero attached hydrogens (tertiary/aromatic N) is 3. The van der Waals surface area contributed by atoms with Crippen molar-refractivity contribution in [1.82, 2.24) is 14.9 Å². The fourth-order valence-electron chi connectivity index (χ4n) is 2.87. The number of carbonyl (C=O) groups excluding carboxylic acids is 1. The number of esters is 1. The molecule has 0 spiro atoms. The Labute approximate surface area is 148 Å². The van der Waals surface area contributed by atoms with Gasteiger partial charge in [-0.3, -0.25) is 19.7 Å². The van der Waals surface area contributed by atoms with Crippen LogP contribution in [0, 0.1) is 13.8 Å². The van der Waals surface area contributed by atoms with Crippen LogP contribution in [0.4, 0.5) is 0 Å². The van der Waals surface area contributed by atoms with Crippen molar-refractivity contribution in [2.75, 3.05) is 6.54 Å². The van der Waals surface area contributed by atoms with E-state index in [2.05, 4.69) is 40.8 Å². The molecule has 5 heteroatoms. The minimum absolute atomic E-state index is 0.164. The molecule has 0 N–H and O–H groups in total. The number of hydrogen-bond acceptors (Lipinski definition) is 5. The number of aromatic nitrogens is 2. The molecule has 130 valence electrons. The van der Waals surface area contributed by atoms with Gasteiger partial charge in [0.15, 0.2) is 0 Å². The number of rotatable bonds is 7. The predicted octanol–water partition coefficient (Wildman–Crippen LogP) is 3.32. The number of pyridine rings is 2. The molecule has 0 amide bonds. The molecule has 0 radical (unpaired) electrons. The first-order valence-corrected chi connectivity index (χ1v) is 8.52. The van der Waals surface area contributed by atoms with Gasteiger partial charge in [-0.1, -0.05) is 12.1 Å². The minimum Gasteiger partial charge on any atom is -0.434 e. The second-order valence-corrected chi connectivity index (χ2v) is 6.44. The first kappa shape index (κ1) is 17.3. The van der Waals surface area contributed by atoms with Crippen LogP contribution in [0.5, 0.6) is 0 Å². The van der Waals surface area contributed by atoms with E-state index in [1.807, 2.05) is 24.5 Å². The molecule has 25 heavy (non-hydrogen) atoms. The van der Waals surface area contributed by atoms with Crippen molar-refractivity contribution in [3.8, 4) is 0 Å². The average Bonchev–Trinajstić information content (AvgIpc) is 3.02. The van der Waals surface area contributed by atoms with Crippen molar-refractivity contribution >= 4 is 5.97 Å². The van der Waals surface area contributed by atoms with Crippen LogP contribution in [0.1, 0.15) is 35.4 Å². The largest absolute Gasteiger partial charge is 0.434 e. The highest BCUT2D eigenvalue weighted by atomic mass is 16.5. The van der Waals surface area contributed by atoms with Gasteiger partial charge in [-0.05, 0) is 49.1 Å². The van der Waals surface area contributed by atoms with Gasteiger partial charge in [0.2, 0.25) is 0 Å². The van der Waals surface area contributed by atoms with Gasteiger partial charge in [0.1, 0.15) is 0 Å². The van der Waals surface area contributed by atoms with E-state index < -0.39 is 0 Å². The van der Waals surface area contributed by atoms with Gasteiger partial charge >= 0.3 is 5.97 Å². The Balaban J connectivity index is 1.72. The third kappa shape index (κ3) is 4.73.